The summed E-state index contributed by atoms with van der Waals surface area (Å²) in [5.74, 6) is -1.43. The Balaban J connectivity index is 1.61. The maximum absolute atomic E-state index is 14.0. The lowest BCUT2D eigenvalue weighted by Crippen LogP contribution is -2.39. The maximum atomic E-state index is 14.0. The van der Waals surface area contributed by atoms with Crippen molar-refractivity contribution in [2.75, 3.05) is 24.6 Å². The summed E-state index contributed by atoms with van der Waals surface area (Å²) in [5.41, 5.74) is 4.10. The maximum Gasteiger partial charge on any atom is 0.228 e. The van der Waals surface area contributed by atoms with Crippen molar-refractivity contribution in [3.8, 4) is 11.3 Å². The Morgan fingerprint density at radius 3 is 2.59 bits per heavy atom. The van der Waals surface area contributed by atoms with Crippen LogP contribution in [0.3, 0.4) is 0 Å². The van der Waals surface area contributed by atoms with E-state index >= 15 is 0 Å². The van der Waals surface area contributed by atoms with Crippen molar-refractivity contribution in [2.45, 2.75) is 20.0 Å². The molecular formula is C22H21F2N7O. The minimum absolute atomic E-state index is 0.186. The number of fused-ring (bicyclic) bond motifs is 1. The van der Waals surface area contributed by atoms with Crippen LogP contribution in [-0.2, 0) is 11.8 Å². The van der Waals surface area contributed by atoms with Crippen LogP contribution >= 0.6 is 0 Å². The Morgan fingerprint density at radius 2 is 1.84 bits per heavy atom. The zero-order chi connectivity index (χ0) is 22.4. The van der Waals surface area contributed by atoms with Crippen molar-refractivity contribution in [2.24, 2.45) is 7.05 Å². The fraction of sp³-hybridized carbons (Fsp3) is 0.318. The Labute approximate surface area is 182 Å². The van der Waals surface area contributed by atoms with Gasteiger partial charge in [-0.15, -0.1) is 0 Å². The summed E-state index contributed by atoms with van der Waals surface area (Å²) in [6.45, 7) is 5.28. The van der Waals surface area contributed by atoms with Crippen LogP contribution < -0.4 is 4.90 Å². The van der Waals surface area contributed by atoms with Gasteiger partial charge in [0.2, 0.25) is 5.95 Å². The molecule has 164 valence electrons. The number of rotatable bonds is 3. The Bertz CT molecular complexity index is 1320. The molecule has 0 bridgehead atoms. The molecule has 8 nitrogen and oxygen atoms in total. The van der Waals surface area contributed by atoms with Gasteiger partial charge < -0.3 is 9.64 Å². The van der Waals surface area contributed by atoms with Crippen LogP contribution in [0.5, 0.6) is 0 Å². The predicted molar refractivity (Wildman–Crippen MR) is 114 cm³/mol. The second kappa shape index (κ2) is 7.86. The Morgan fingerprint density at radius 1 is 1.03 bits per heavy atom. The van der Waals surface area contributed by atoms with Gasteiger partial charge >= 0.3 is 0 Å². The van der Waals surface area contributed by atoms with E-state index in [2.05, 4.69) is 20.1 Å². The summed E-state index contributed by atoms with van der Waals surface area (Å²) in [6.07, 6.45) is 3.51. The highest BCUT2D eigenvalue weighted by molar-refractivity contribution is 5.88. The number of hydrogen-bond donors (Lipinski definition) is 0. The van der Waals surface area contributed by atoms with E-state index in [1.165, 1.54) is 6.07 Å². The first kappa shape index (κ1) is 20.4. The molecule has 0 N–H and O–H groups in total. The van der Waals surface area contributed by atoms with Crippen LogP contribution in [0.25, 0.3) is 22.4 Å². The van der Waals surface area contributed by atoms with Gasteiger partial charge in [0.15, 0.2) is 17.3 Å². The Kier molecular flexibility index (Phi) is 5.01. The third-order valence-electron chi connectivity index (χ3n) is 5.57. The molecule has 5 rings (SSSR count). The smallest absolute Gasteiger partial charge is 0.228 e. The van der Waals surface area contributed by atoms with Crippen LogP contribution in [0.2, 0.25) is 0 Å². The fourth-order valence-electron chi connectivity index (χ4n) is 3.73. The lowest BCUT2D eigenvalue weighted by molar-refractivity contribution is 0.0392. The third kappa shape index (κ3) is 3.66. The van der Waals surface area contributed by atoms with E-state index in [1.807, 2.05) is 32.0 Å². The summed E-state index contributed by atoms with van der Waals surface area (Å²) < 4.78 is 35.2. The van der Waals surface area contributed by atoms with Crippen molar-refractivity contribution in [3.63, 3.8) is 0 Å². The molecule has 0 amide bonds. The molecular weight excluding hydrogens is 416 g/mol. The van der Waals surface area contributed by atoms with Crippen LogP contribution in [0.4, 0.5) is 14.7 Å². The molecule has 10 heteroatoms. The molecule has 1 saturated heterocycles. The van der Waals surface area contributed by atoms with Crippen molar-refractivity contribution in [3.05, 3.63) is 59.2 Å². The standard InChI is InChI=1S/C22H21F2N7O/c1-12-13(2)27-21-20(26-12)19(14-4-5-16(23)17(24)8-14)28-22(29-21)31-6-7-32-18(11-31)15-9-25-30(3)10-15/h4-5,8-10,18H,6-7,11H2,1-3H3/t18-/m0/s1. The number of morpholine rings is 1. The number of aromatic nitrogens is 6. The molecule has 1 aromatic carbocycles. The predicted octanol–water partition coefficient (Wildman–Crippen LogP) is 3.29. The Hall–Kier alpha value is -3.53. The highest BCUT2D eigenvalue weighted by Crippen LogP contribution is 2.30. The quantitative estimate of drug-likeness (QED) is 0.486. The first-order valence-electron chi connectivity index (χ1n) is 10.2. The third-order valence-corrected chi connectivity index (χ3v) is 5.57. The summed E-state index contributed by atoms with van der Waals surface area (Å²) in [5, 5.41) is 4.22. The normalized spacial score (nSPS) is 16.7. The van der Waals surface area contributed by atoms with Gasteiger partial charge in [-0.05, 0) is 32.0 Å². The first-order chi connectivity index (χ1) is 15.4. The molecule has 32 heavy (non-hydrogen) atoms. The van der Waals surface area contributed by atoms with Gasteiger partial charge in [0.1, 0.15) is 17.3 Å². The summed E-state index contributed by atoms with van der Waals surface area (Å²) >= 11 is 0. The largest absolute Gasteiger partial charge is 0.370 e. The molecule has 4 aromatic rings. The van der Waals surface area contributed by atoms with E-state index in [0.717, 1.165) is 29.1 Å². The number of halogens is 2. The molecule has 0 unspecified atom stereocenters. The van der Waals surface area contributed by atoms with Gasteiger partial charge in [0.25, 0.3) is 0 Å². The molecule has 1 aliphatic heterocycles. The van der Waals surface area contributed by atoms with E-state index in [1.54, 1.807) is 10.9 Å². The number of benzene rings is 1. The van der Waals surface area contributed by atoms with Crippen molar-refractivity contribution in [1.82, 2.24) is 29.7 Å². The lowest BCUT2D eigenvalue weighted by Gasteiger charge is -2.32. The van der Waals surface area contributed by atoms with Crippen LogP contribution in [0.15, 0.2) is 30.6 Å². The molecule has 3 aromatic heterocycles. The van der Waals surface area contributed by atoms with E-state index in [0.29, 0.717) is 48.1 Å². The lowest BCUT2D eigenvalue weighted by atomic mass is 10.1. The average molecular weight is 437 g/mol. The van der Waals surface area contributed by atoms with Gasteiger partial charge in [-0.25, -0.2) is 23.7 Å². The SMILES string of the molecule is Cc1nc2nc(N3CCO[C@H](c4cnn(C)c4)C3)nc(-c3ccc(F)c(F)c3)c2nc1C. The zero-order valence-corrected chi connectivity index (χ0v) is 17.9. The van der Waals surface area contributed by atoms with Crippen molar-refractivity contribution < 1.29 is 13.5 Å². The fourth-order valence-corrected chi connectivity index (χ4v) is 3.73. The van der Waals surface area contributed by atoms with Gasteiger partial charge in [-0.3, -0.25) is 4.68 Å². The summed E-state index contributed by atoms with van der Waals surface area (Å²) in [4.78, 5) is 20.6. The molecule has 0 radical (unpaired) electrons. The van der Waals surface area contributed by atoms with E-state index < -0.39 is 11.6 Å². The molecule has 4 heterocycles. The van der Waals surface area contributed by atoms with E-state index in [-0.39, 0.29) is 6.10 Å². The van der Waals surface area contributed by atoms with Gasteiger partial charge in [-0.1, -0.05) is 0 Å². The number of nitrogens with zero attached hydrogens (tertiary/aromatic N) is 7. The van der Waals surface area contributed by atoms with E-state index in [4.69, 9.17) is 9.72 Å². The summed E-state index contributed by atoms with van der Waals surface area (Å²) in [6, 6.07) is 3.69. The number of aryl methyl sites for hydroxylation is 3. The minimum Gasteiger partial charge on any atom is -0.370 e. The molecule has 0 saturated carbocycles. The summed E-state index contributed by atoms with van der Waals surface area (Å²) in [7, 11) is 1.85. The van der Waals surface area contributed by atoms with Gasteiger partial charge in [0.05, 0.1) is 30.7 Å². The zero-order valence-electron chi connectivity index (χ0n) is 17.9. The minimum atomic E-state index is -0.949. The highest BCUT2D eigenvalue weighted by atomic mass is 19.2. The number of hydrogen-bond acceptors (Lipinski definition) is 7. The number of anilines is 1. The molecule has 1 fully saturated rings. The van der Waals surface area contributed by atoms with E-state index in [9.17, 15) is 8.78 Å². The number of ether oxygens (including phenoxy) is 1. The molecule has 0 spiro atoms. The molecule has 1 atom stereocenters. The van der Waals surface area contributed by atoms with Crippen molar-refractivity contribution >= 4 is 17.1 Å². The first-order valence-corrected chi connectivity index (χ1v) is 10.2. The second-order valence-electron chi connectivity index (χ2n) is 7.82. The molecule has 1 aliphatic rings. The topological polar surface area (TPSA) is 81.9 Å². The van der Waals surface area contributed by atoms with Crippen molar-refractivity contribution in [1.29, 1.82) is 0 Å². The average Bonchev–Trinajstić information content (AvgIpc) is 3.22. The second-order valence-corrected chi connectivity index (χ2v) is 7.82. The van der Waals surface area contributed by atoms with Gasteiger partial charge in [0, 0.05) is 30.9 Å². The van der Waals surface area contributed by atoms with Gasteiger partial charge in [-0.2, -0.15) is 10.1 Å². The van der Waals surface area contributed by atoms with Crippen LogP contribution in [0.1, 0.15) is 23.1 Å². The highest BCUT2D eigenvalue weighted by Gasteiger charge is 2.26. The van der Waals surface area contributed by atoms with Crippen LogP contribution in [-0.4, -0.2) is 49.4 Å². The van der Waals surface area contributed by atoms with Crippen LogP contribution in [0, 0.1) is 25.5 Å². The molecule has 0 aliphatic carbocycles. The monoisotopic (exact) mass is 437 g/mol.